The Bertz CT molecular complexity index is 917. The van der Waals surface area contributed by atoms with Gasteiger partial charge >= 0.3 is 0 Å². The maximum atomic E-state index is 13.3. The van der Waals surface area contributed by atoms with Crippen LogP contribution in [-0.4, -0.2) is 47.7 Å². The predicted molar refractivity (Wildman–Crippen MR) is 121 cm³/mol. The minimum absolute atomic E-state index is 0.145. The van der Waals surface area contributed by atoms with Crippen LogP contribution in [0.2, 0.25) is 0 Å². The molecule has 0 unspecified atom stereocenters. The lowest BCUT2D eigenvalue weighted by Gasteiger charge is -2.28. The van der Waals surface area contributed by atoms with Crippen LogP contribution < -0.4 is 0 Å². The van der Waals surface area contributed by atoms with Crippen molar-refractivity contribution in [1.82, 2.24) is 13.8 Å². The highest BCUT2D eigenvalue weighted by atomic mass is 32.2. The van der Waals surface area contributed by atoms with E-state index in [9.17, 15) is 13.2 Å². The molecule has 0 radical (unpaired) electrons. The van der Waals surface area contributed by atoms with Gasteiger partial charge in [-0.05, 0) is 43.5 Å². The Labute approximate surface area is 181 Å². The molecule has 0 atom stereocenters. The third kappa shape index (κ3) is 6.44. The second kappa shape index (κ2) is 10.8. The summed E-state index contributed by atoms with van der Waals surface area (Å²) >= 11 is 0. The van der Waals surface area contributed by atoms with Crippen molar-refractivity contribution in [2.75, 3.05) is 19.6 Å². The molecule has 6 nitrogen and oxygen atoms in total. The average Bonchev–Trinajstić information content (AvgIpc) is 3.08. The van der Waals surface area contributed by atoms with Crippen LogP contribution in [0.4, 0.5) is 0 Å². The Morgan fingerprint density at radius 3 is 2.33 bits per heavy atom. The van der Waals surface area contributed by atoms with Crippen LogP contribution in [-0.2, 0) is 28.4 Å². The number of rotatable bonds is 11. The molecule has 0 saturated heterocycles. The van der Waals surface area contributed by atoms with Crippen molar-refractivity contribution in [3.8, 4) is 0 Å². The molecule has 1 aromatic carbocycles. The van der Waals surface area contributed by atoms with Gasteiger partial charge in [-0.25, -0.2) is 8.42 Å². The number of aromatic nitrogens is 1. The Hall–Kier alpha value is -2.12. The molecule has 0 aliphatic rings. The lowest BCUT2D eigenvalue weighted by molar-refractivity contribution is -0.132. The third-order valence-electron chi connectivity index (χ3n) is 5.07. The summed E-state index contributed by atoms with van der Waals surface area (Å²) in [5.74, 6) is 0.115. The van der Waals surface area contributed by atoms with Crippen LogP contribution in [0.15, 0.2) is 47.5 Å². The predicted octanol–water partition coefficient (Wildman–Crippen LogP) is 3.81. The number of hydrogen-bond acceptors (Lipinski definition) is 3. The molecule has 0 saturated carbocycles. The molecule has 1 aromatic heterocycles. The van der Waals surface area contributed by atoms with Crippen LogP contribution >= 0.6 is 0 Å². The maximum absolute atomic E-state index is 13.3. The average molecular weight is 434 g/mol. The van der Waals surface area contributed by atoms with E-state index in [2.05, 4.69) is 13.8 Å². The molecule has 0 bridgehead atoms. The van der Waals surface area contributed by atoms with E-state index < -0.39 is 10.0 Å². The molecule has 0 spiro atoms. The van der Waals surface area contributed by atoms with Crippen LogP contribution in [0.1, 0.15) is 44.9 Å². The summed E-state index contributed by atoms with van der Waals surface area (Å²) in [6, 6.07) is 10.7. The van der Waals surface area contributed by atoms with Gasteiger partial charge in [0.1, 0.15) is 0 Å². The zero-order chi connectivity index (χ0) is 22.3. The Balaban J connectivity index is 2.26. The number of aryl methyl sites for hydroxylation is 2. The number of hydrogen-bond donors (Lipinski definition) is 0. The SMILES string of the molecule is CCCCN(CC(=O)N(Cc1cccn1C)CC(C)C)S(=O)(=O)c1ccc(C)cc1. The summed E-state index contributed by atoms with van der Waals surface area (Å²) in [5, 5.41) is 0. The van der Waals surface area contributed by atoms with E-state index in [1.54, 1.807) is 29.2 Å². The van der Waals surface area contributed by atoms with Gasteiger partial charge in [-0.15, -0.1) is 0 Å². The van der Waals surface area contributed by atoms with Crippen LogP contribution in [0.25, 0.3) is 0 Å². The first-order valence-corrected chi connectivity index (χ1v) is 12.0. The highest BCUT2D eigenvalue weighted by Crippen LogP contribution is 2.18. The molecule has 1 heterocycles. The highest BCUT2D eigenvalue weighted by molar-refractivity contribution is 7.89. The van der Waals surface area contributed by atoms with E-state index in [1.807, 2.05) is 43.8 Å². The molecule has 1 amide bonds. The number of sulfonamides is 1. The topological polar surface area (TPSA) is 62.6 Å². The zero-order valence-corrected chi connectivity index (χ0v) is 19.7. The molecular formula is C23H35N3O3S. The summed E-state index contributed by atoms with van der Waals surface area (Å²) in [7, 11) is -1.79. The van der Waals surface area contributed by atoms with E-state index in [0.29, 0.717) is 26.1 Å². The van der Waals surface area contributed by atoms with Gasteiger partial charge in [0, 0.05) is 32.0 Å². The van der Waals surface area contributed by atoms with Crippen molar-refractivity contribution in [2.45, 2.75) is 52.0 Å². The monoisotopic (exact) mass is 433 g/mol. The summed E-state index contributed by atoms with van der Waals surface area (Å²) in [4.78, 5) is 15.2. The highest BCUT2D eigenvalue weighted by Gasteiger charge is 2.28. The van der Waals surface area contributed by atoms with E-state index in [4.69, 9.17) is 0 Å². The third-order valence-corrected chi connectivity index (χ3v) is 6.93. The molecule has 0 fully saturated rings. The molecule has 166 valence electrons. The molecule has 0 N–H and O–H groups in total. The number of unbranched alkanes of at least 4 members (excludes halogenated alkanes) is 1. The van der Waals surface area contributed by atoms with Gasteiger partial charge in [0.15, 0.2) is 0 Å². The first-order chi connectivity index (χ1) is 14.1. The molecule has 0 aliphatic heterocycles. The summed E-state index contributed by atoms with van der Waals surface area (Å²) in [6.45, 7) is 9.28. The number of carbonyl (C=O) groups excluding carboxylic acids is 1. The van der Waals surface area contributed by atoms with Gasteiger partial charge in [0.2, 0.25) is 15.9 Å². The fraction of sp³-hybridized carbons (Fsp3) is 0.522. The summed E-state index contributed by atoms with van der Waals surface area (Å²) < 4.78 is 29.8. The minimum Gasteiger partial charge on any atom is -0.353 e. The number of amides is 1. The summed E-state index contributed by atoms with van der Waals surface area (Å²) in [5.41, 5.74) is 2.02. The van der Waals surface area contributed by atoms with Crippen molar-refractivity contribution < 1.29 is 13.2 Å². The summed E-state index contributed by atoms with van der Waals surface area (Å²) in [6.07, 6.45) is 3.51. The lowest BCUT2D eigenvalue weighted by Crippen LogP contribution is -2.44. The van der Waals surface area contributed by atoms with E-state index in [-0.39, 0.29) is 23.3 Å². The van der Waals surface area contributed by atoms with Gasteiger partial charge < -0.3 is 9.47 Å². The minimum atomic E-state index is -3.74. The molecule has 2 rings (SSSR count). The van der Waals surface area contributed by atoms with E-state index in [0.717, 1.165) is 17.7 Å². The molecule has 2 aromatic rings. The van der Waals surface area contributed by atoms with Crippen LogP contribution in [0.5, 0.6) is 0 Å². The van der Waals surface area contributed by atoms with E-state index in [1.165, 1.54) is 4.31 Å². The first-order valence-electron chi connectivity index (χ1n) is 10.6. The van der Waals surface area contributed by atoms with Gasteiger partial charge in [-0.3, -0.25) is 4.79 Å². The standard InChI is InChI=1S/C23H35N3O3S/c1-6-7-15-26(30(28,29)22-12-10-20(4)11-13-22)18-23(27)25(16-19(2)3)17-21-9-8-14-24(21)5/h8-14,19H,6-7,15-18H2,1-5H3. The van der Waals surface area contributed by atoms with Gasteiger partial charge in [-0.1, -0.05) is 44.9 Å². The maximum Gasteiger partial charge on any atom is 0.243 e. The largest absolute Gasteiger partial charge is 0.353 e. The molecule has 30 heavy (non-hydrogen) atoms. The fourth-order valence-corrected chi connectivity index (χ4v) is 4.71. The van der Waals surface area contributed by atoms with Gasteiger partial charge in [0.05, 0.1) is 18.0 Å². The number of nitrogens with zero attached hydrogens (tertiary/aromatic N) is 3. The second-order valence-electron chi connectivity index (χ2n) is 8.28. The Kier molecular flexibility index (Phi) is 8.67. The van der Waals surface area contributed by atoms with Gasteiger partial charge in [0.25, 0.3) is 0 Å². The van der Waals surface area contributed by atoms with Crippen molar-refractivity contribution >= 4 is 15.9 Å². The number of carbonyl (C=O) groups is 1. The Morgan fingerprint density at radius 1 is 1.13 bits per heavy atom. The first kappa shape index (κ1) is 24.2. The van der Waals surface area contributed by atoms with E-state index >= 15 is 0 Å². The normalized spacial score (nSPS) is 12.0. The molecule has 7 heteroatoms. The smallest absolute Gasteiger partial charge is 0.243 e. The van der Waals surface area contributed by atoms with Crippen molar-refractivity contribution in [3.63, 3.8) is 0 Å². The quantitative estimate of drug-likeness (QED) is 0.541. The van der Waals surface area contributed by atoms with Crippen molar-refractivity contribution in [1.29, 1.82) is 0 Å². The fourth-order valence-electron chi connectivity index (χ4n) is 3.28. The Morgan fingerprint density at radius 2 is 1.80 bits per heavy atom. The van der Waals surface area contributed by atoms with Gasteiger partial charge in [-0.2, -0.15) is 4.31 Å². The second-order valence-corrected chi connectivity index (χ2v) is 10.2. The zero-order valence-electron chi connectivity index (χ0n) is 18.8. The lowest BCUT2D eigenvalue weighted by atomic mass is 10.2. The number of benzene rings is 1. The van der Waals surface area contributed by atoms with Crippen molar-refractivity contribution in [3.05, 3.63) is 53.9 Å². The molecule has 0 aliphatic carbocycles. The van der Waals surface area contributed by atoms with Crippen molar-refractivity contribution in [2.24, 2.45) is 13.0 Å². The molecular weight excluding hydrogens is 398 g/mol. The van der Waals surface area contributed by atoms with Crippen LogP contribution in [0.3, 0.4) is 0 Å². The van der Waals surface area contributed by atoms with Crippen LogP contribution in [0, 0.1) is 12.8 Å².